The molecule has 100 valence electrons. The van der Waals surface area contributed by atoms with Gasteiger partial charge in [0.15, 0.2) is 0 Å². The monoisotopic (exact) mass is 297 g/mol. The Kier molecular flexibility index (Phi) is 4.14. The second-order valence-corrected chi connectivity index (χ2v) is 5.64. The van der Waals surface area contributed by atoms with Gasteiger partial charge in [0.25, 0.3) is 0 Å². The first-order chi connectivity index (χ1) is 8.90. The molecule has 1 nitrogen and oxygen atoms in total. The molecule has 0 saturated carbocycles. The molecule has 0 saturated heterocycles. The second kappa shape index (κ2) is 5.49. The summed E-state index contributed by atoms with van der Waals surface area (Å²) in [4.78, 5) is 0. The number of benzene rings is 2. The van der Waals surface area contributed by atoms with E-state index >= 15 is 0 Å². The fourth-order valence-electron chi connectivity index (χ4n) is 2.00. The fraction of sp³-hybridized carbons (Fsp3) is 0.200. The zero-order valence-corrected chi connectivity index (χ0v) is 12.0. The first-order valence-electron chi connectivity index (χ1n) is 5.88. The van der Waals surface area contributed by atoms with Gasteiger partial charge in [0, 0.05) is 21.1 Å². The van der Waals surface area contributed by atoms with Crippen LogP contribution in [0.5, 0.6) is 0 Å². The first-order valence-corrected chi connectivity index (χ1v) is 6.63. The van der Waals surface area contributed by atoms with E-state index < -0.39 is 5.54 Å². The van der Waals surface area contributed by atoms with Crippen LogP contribution in [0, 0.1) is 5.82 Å². The second-order valence-electron chi connectivity index (χ2n) is 4.80. The van der Waals surface area contributed by atoms with E-state index in [0.29, 0.717) is 22.0 Å². The fourth-order valence-corrected chi connectivity index (χ4v) is 2.36. The van der Waals surface area contributed by atoms with Gasteiger partial charge >= 0.3 is 0 Å². The zero-order chi connectivity index (χ0) is 14.0. The summed E-state index contributed by atoms with van der Waals surface area (Å²) in [5, 5.41) is 1.04. The molecule has 1 unspecified atom stereocenters. The minimum Gasteiger partial charge on any atom is -0.321 e. The van der Waals surface area contributed by atoms with Gasteiger partial charge in [-0.1, -0.05) is 41.4 Å². The molecule has 2 N–H and O–H groups in total. The van der Waals surface area contributed by atoms with Crippen molar-refractivity contribution in [3.63, 3.8) is 0 Å². The molecule has 0 aliphatic carbocycles. The number of rotatable bonds is 3. The van der Waals surface area contributed by atoms with E-state index in [9.17, 15) is 4.39 Å². The van der Waals surface area contributed by atoms with Crippen molar-refractivity contribution in [2.45, 2.75) is 18.9 Å². The third-order valence-electron chi connectivity index (χ3n) is 3.11. The summed E-state index contributed by atoms with van der Waals surface area (Å²) in [6, 6.07) is 11.9. The van der Waals surface area contributed by atoms with E-state index in [1.54, 1.807) is 24.3 Å². The van der Waals surface area contributed by atoms with Crippen LogP contribution in [0.3, 0.4) is 0 Å². The molecule has 0 aromatic heterocycles. The lowest BCUT2D eigenvalue weighted by molar-refractivity contribution is 0.475. The van der Waals surface area contributed by atoms with Crippen molar-refractivity contribution >= 4 is 23.2 Å². The van der Waals surface area contributed by atoms with Crippen LogP contribution in [0.25, 0.3) is 0 Å². The van der Waals surface area contributed by atoms with Gasteiger partial charge in [-0.05, 0) is 43.2 Å². The van der Waals surface area contributed by atoms with Crippen LogP contribution >= 0.6 is 23.2 Å². The Morgan fingerprint density at radius 3 is 2.32 bits per heavy atom. The molecule has 2 aromatic rings. The van der Waals surface area contributed by atoms with Gasteiger partial charge in [-0.15, -0.1) is 0 Å². The van der Waals surface area contributed by atoms with Crippen LogP contribution in [-0.2, 0) is 12.0 Å². The molecular formula is C15H14Cl2FN. The summed E-state index contributed by atoms with van der Waals surface area (Å²) < 4.78 is 13.8. The summed E-state index contributed by atoms with van der Waals surface area (Å²) in [5.41, 5.74) is 6.90. The van der Waals surface area contributed by atoms with Crippen molar-refractivity contribution in [3.8, 4) is 0 Å². The van der Waals surface area contributed by atoms with Gasteiger partial charge in [-0.2, -0.15) is 0 Å². The van der Waals surface area contributed by atoms with Crippen molar-refractivity contribution in [2.24, 2.45) is 5.73 Å². The number of nitrogens with two attached hydrogens (primary N) is 1. The highest BCUT2D eigenvalue weighted by molar-refractivity contribution is 6.31. The Hall–Kier alpha value is -1.09. The zero-order valence-electron chi connectivity index (χ0n) is 10.5. The van der Waals surface area contributed by atoms with Crippen molar-refractivity contribution in [3.05, 3.63) is 69.5 Å². The van der Waals surface area contributed by atoms with Crippen molar-refractivity contribution in [2.75, 3.05) is 0 Å². The largest absolute Gasteiger partial charge is 0.321 e. The SMILES string of the molecule is CC(N)(Cc1c(F)cccc1Cl)c1ccc(Cl)cc1. The van der Waals surface area contributed by atoms with Gasteiger partial charge in [0.2, 0.25) is 0 Å². The Bertz CT molecular complexity index is 559. The summed E-state index contributed by atoms with van der Waals surface area (Å²) in [6.07, 6.45) is 0.320. The van der Waals surface area contributed by atoms with Gasteiger partial charge in [-0.25, -0.2) is 4.39 Å². The Labute approximate surface area is 122 Å². The normalized spacial score (nSPS) is 14.2. The molecule has 0 bridgehead atoms. The molecule has 0 spiro atoms. The smallest absolute Gasteiger partial charge is 0.127 e. The van der Waals surface area contributed by atoms with Crippen LogP contribution in [0.4, 0.5) is 4.39 Å². The lowest BCUT2D eigenvalue weighted by Gasteiger charge is -2.26. The molecule has 2 rings (SSSR count). The quantitative estimate of drug-likeness (QED) is 0.884. The Balaban J connectivity index is 2.33. The van der Waals surface area contributed by atoms with E-state index in [1.165, 1.54) is 6.07 Å². The van der Waals surface area contributed by atoms with E-state index in [2.05, 4.69) is 0 Å². The van der Waals surface area contributed by atoms with Crippen LogP contribution in [0.2, 0.25) is 10.0 Å². The van der Waals surface area contributed by atoms with E-state index in [1.807, 2.05) is 19.1 Å². The van der Waals surface area contributed by atoms with Gasteiger partial charge in [0.05, 0.1) is 0 Å². The third-order valence-corrected chi connectivity index (χ3v) is 3.72. The molecular weight excluding hydrogens is 284 g/mol. The third kappa shape index (κ3) is 3.27. The van der Waals surface area contributed by atoms with Crippen molar-refractivity contribution < 1.29 is 4.39 Å². The topological polar surface area (TPSA) is 26.0 Å². The van der Waals surface area contributed by atoms with Crippen molar-refractivity contribution in [1.29, 1.82) is 0 Å². The molecule has 0 amide bonds. The highest BCUT2D eigenvalue weighted by Crippen LogP contribution is 2.29. The van der Waals surface area contributed by atoms with Gasteiger partial charge in [0.1, 0.15) is 5.82 Å². The highest BCUT2D eigenvalue weighted by atomic mass is 35.5. The summed E-state index contributed by atoms with van der Waals surface area (Å²) in [7, 11) is 0. The molecule has 0 radical (unpaired) electrons. The van der Waals surface area contributed by atoms with Crippen LogP contribution < -0.4 is 5.73 Å². The molecule has 0 aliphatic heterocycles. The average molecular weight is 298 g/mol. The van der Waals surface area contributed by atoms with E-state index in [4.69, 9.17) is 28.9 Å². The maximum atomic E-state index is 13.8. The molecule has 4 heteroatoms. The highest BCUT2D eigenvalue weighted by Gasteiger charge is 2.24. The van der Waals surface area contributed by atoms with Crippen LogP contribution in [0.15, 0.2) is 42.5 Å². The first kappa shape index (κ1) is 14.3. The van der Waals surface area contributed by atoms with Gasteiger partial charge in [-0.3, -0.25) is 0 Å². The molecule has 1 atom stereocenters. The van der Waals surface area contributed by atoms with Crippen LogP contribution in [-0.4, -0.2) is 0 Å². The maximum Gasteiger partial charge on any atom is 0.127 e. The lowest BCUT2D eigenvalue weighted by Crippen LogP contribution is -2.35. The van der Waals surface area contributed by atoms with E-state index in [0.717, 1.165) is 5.56 Å². The molecule has 0 aliphatic rings. The predicted octanol–water partition coefficient (Wildman–Crippen LogP) is 4.55. The molecule has 0 heterocycles. The van der Waals surface area contributed by atoms with Gasteiger partial charge < -0.3 is 5.73 Å². The minimum atomic E-state index is -0.712. The number of hydrogen-bond donors (Lipinski definition) is 1. The van der Waals surface area contributed by atoms with Crippen LogP contribution in [0.1, 0.15) is 18.1 Å². The summed E-state index contributed by atoms with van der Waals surface area (Å²) in [5.74, 6) is -0.335. The van der Waals surface area contributed by atoms with E-state index in [-0.39, 0.29) is 5.82 Å². The summed E-state index contributed by atoms with van der Waals surface area (Å²) >= 11 is 11.9. The maximum absolute atomic E-state index is 13.8. The predicted molar refractivity (Wildman–Crippen MR) is 78.1 cm³/mol. The number of hydrogen-bond acceptors (Lipinski definition) is 1. The summed E-state index contributed by atoms with van der Waals surface area (Å²) in [6.45, 7) is 1.85. The number of halogens is 3. The minimum absolute atomic E-state index is 0.320. The Morgan fingerprint density at radius 1 is 1.11 bits per heavy atom. The standard InChI is InChI=1S/C15H14Cl2FN/c1-15(19,10-5-7-11(16)8-6-10)9-12-13(17)3-2-4-14(12)18/h2-8H,9,19H2,1H3. The van der Waals surface area contributed by atoms with Crippen molar-refractivity contribution in [1.82, 2.24) is 0 Å². The molecule has 2 aromatic carbocycles. The average Bonchev–Trinajstić information content (AvgIpc) is 2.35. The molecule has 0 fully saturated rings. The lowest BCUT2D eigenvalue weighted by atomic mass is 9.86. The Morgan fingerprint density at radius 2 is 1.74 bits per heavy atom. The molecule has 19 heavy (non-hydrogen) atoms.